The number of nitrogens with zero attached hydrogens (tertiary/aromatic N) is 3. The molecule has 2 aromatic heterocycles. The van der Waals surface area contributed by atoms with E-state index in [4.69, 9.17) is 10.5 Å². The number of rotatable bonds is 5. The Morgan fingerprint density at radius 2 is 1.86 bits per heavy atom. The Morgan fingerprint density at radius 3 is 2.51 bits per heavy atom. The molecule has 0 spiro atoms. The van der Waals surface area contributed by atoms with Gasteiger partial charge < -0.3 is 20.4 Å². The first-order valence-electron chi connectivity index (χ1n) is 10.7. The number of anilines is 2. The number of benzene rings is 2. The van der Waals surface area contributed by atoms with Crippen LogP contribution in [0.2, 0.25) is 0 Å². The van der Waals surface area contributed by atoms with Crippen LogP contribution in [0, 0.1) is 6.92 Å². The van der Waals surface area contributed by atoms with Crippen molar-refractivity contribution >= 4 is 22.4 Å². The number of nitrogens with one attached hydrogen (secondary N) is 1. The van der Waals surface area contributed by atoms with Crippen molar-refractivity contribution in [2.75, 3.05) is 18.2 Å². The Morgan fingerprint density at radius 1 is 1.11 bits per heavy atom. The molecule has 2 aromatic carbocycles. The number of aryl methyl sites for hydroxylation is 2. The van der Waals surface area contributed by atoms with Crippen LogP contribution in [-0.4, -0.2) is 21.6 Å². The monoisotopic (exact) mass is 483 g/mol. The molecule has 0 aliphatic rings. The van der Waals surface area contributed by atoms with Gasteiger partial charge in [0.25, 0.3) is 0 Å². The number of hydrogen-bond acceptors (Lipinski definition) is 6. The molecule has 0 saturated carbocycles. The molecule has 1 atom stereocenters. The number of nitrogens with two attached hydrogens (primary N) is 1. The fourth-order valence-electron chi connectivity index (χ4n) is 3.91. The van der Waals surface area contributed by atoms with Crippen LogP contribution in [0.15, 0.2) is 53.5 Å². The van der Waals surface area contributed by atoms with Gasteiger partial charge in [0.1, 0.15) is 17.4 Å². The molecule has 0 aliphatic carbocycles. The third kappa shape index (κ3) is 4.91. The predicted octanol–water partition coefficient (Wildman–Crippen LogP) is 5.09. The number of pyridine rings is 1. The zero-order valence-electron chi connectivity index (χ0n) is 19.6. The van der Waals surface area contributed by atoms with Crippen molar-refractivity contribution in [3.05, 3.63) is 76.0 Å². The third-order valence-electron chi connectivity index (χ3n) is 5.68. The second-order valence-corrected chi connectivity index (χ2v) is 8.31. The molecular formula is C25H24F3N5O2. The summed E-state index contributed by atoms with van der Waals surface area (Å²) in [5.41, 5.74) is 7.23. The molecule has 10 heteroatoms. The average Bonchev–Trinajstić information content (AvgIpc) is 2.79. The van der Waals surface area contributed by atoms with E-state index < -0.39 is 17.8 Å². The zero-order chi connectivity index (χ0) is 25.5. The number of fused-ring (bicyclic) bond motifs is 1. The predicted molar refractivity (Wildman–Crippen MR) is 129 cm³/mol. The SMILES string of the molecule is COc1cc2nc(C)nc(N[C@H](C)c3cc(N)cc(C(F)(F)F)c3)c2cc1-c1ccc(=O)n(C)c1. The van der Waals surface area contributed by atoms with Crippen molar-refractivity contribution in [3.63, 3.8) is 0 Å². The van der Waals surface area contributed by atoms with Crippen molar-refractivity contribution in [2.45, 2.75) is 26.1 Å². The van der Waals surface area contributed by atoms with Crippen molar-refractivity contribution in [2.24, 2.45) is 7.05 Å². The van der Waals surface area contributed by atoms with Gasteiger partial charge in [-0.05, 0) is 49.7 Å². The molecule has 3 N–H and O–H groups in total. The number of alkyl halides is 3. The summed E-state index contributed by atoms with van der Waals surface area (Å²) >= 11 is 0. The van der Waals surface area contributed by atoms with E-state index in [1.165, 1.54) is 16.7 Å². The summed E-state index contributed by atoms with van der Waals surface area (Å²) in [4.78, 5) is 20.9. The molecule has 4 aromatic rings. The van der Waals surface area contributed by atoms with Crippen molar-refractivity contribution in [1.29, 1.82) is 0 Å². The van der Waals surface area contributed by atoms with Gasteiger partial charge in [0, 0.05) is 47.6 Å². The normalized spacial score (nSPS) is 12.5. The molecule has 0 aliphatic heterocycles. The largest absolute Gasteiger partial charge is 0.496 e. The minimum atomic E-state index is -4.51. The number of hydrogen-bond donors (Lipinski definition) is 2. The number of aromatic nitrogens is 3. The lowest BCUT2D eigenvalue weighted by molar-refractivity contribution is -0.137. The highest BCUT2D eigenvalue weighted by atomic mass is 19.4. The van der Waals surface area contributed by atoms with Gasteiger partial charge in [-0.25, -0.2) is 9.97 Å². The van der Waals surface area contributed by atoms with Crippen LogP contribution in [-0.2, 0) is 13.2 Å². The fourth-order valence-corrected chi connectivity index (χ4v) is 3.91. The van der Waals surface area contributed by atoms with Gasteiger partial charge >= 0.3 is 6.18 Å². The zero-order valence-corrected chi connectivity index (χ0v) is 19.6. The first-order chi connectivity index (χ1) is 16.5. The maximum Gasteiger partial charge on any atom is 0.416 e. The van der Waals surface area contributed by atoms with Gasteiger partial charge in [-0.1, -0.05) is 0 Å². The van der Waals surface area contributed by atoms with Crippen molar-refractivity contribution in [1.82, 2.24) is 14.5 Å². The van der Waals surface area contributed by atoms with Gasteiger partial charge in [-0.2, -0.15) is 13.2 Å². The summed E-state index contributed by atoms with van der Waals surface area (Å²) < 4.78 is 46.9. The summed E-state index contributed by atoms with van der Waals surface area (Å²) in [6.45, 7) is 3.46. The fraction of sp³-hybridized carbons (Fsp3) is 0.240. The Bertz CT molecular complexity index is 1480. The number of halogens is 3. The van der Waals surface area contributed by atoms with E-state index >= 15 is 0 Å². The summed E-state index contributed by atoms with van der Waals surface area (Å²) in [5, 5.41) is 3.86. The van der Waals surface area contributed by atoms with Crippen molar-refractivity contribution < 1.29 is 17.9 Å². The Balaban J connectivity index is 1.83. The van der Waals surface area contributed by atoms with Gasteiger partial charge in [0.05, 0.1) is 24.2 Å². The highest BCUT2D eigenvalue weighted by molar-refractivity contribution is 5.95. The quantitative estimate of drug-likeness (QED) is 0.384. The lowest BCUT2D eigenvalue weighted by Crippen LogP contribution is -2.14. The smallest absolute Gasteiger partial charge is 0.416 e. The van der Waals surface area contributed by atoms with E-state index in [1.54, 1.807) is 46.3 Å². The molecule has 0 bridgehead atoms. The van der Waals surface area contributed by atoms with Crippen LogP contribution in [0.1, 0.15) is 29.9 Å². The molecule has 0 saturated heterocycles. The minimum absolute atomic E-state index is 0.0221. The highest BCUT2D eigenvalue weighted by Crippen LogP contribution is 2.37. The van der Waals surface area contributed by atoms with E-state index in [0.717, 1.165) is 17.7 Å². The Hall–Kier alpha value is -4.08. The standard InChI is InChI=1S/C25H24F3N5O2/c1-13(16-7-17(25(26,27)28)9-18(29)8-16)30-24-20-10-19(15-5-6-23(34)33(3)12-15)22(35-4)11-21(20)31-14(2)32-24/h5-13H,29H2,1-4H3,(H,30,31,32)/t13-/m1/s1. The average molecular weight is 483 g/mol. The van der Waals surface area contributed by atoms with Crippen LogP contribution in [0.25, 0.3) is 22.0 Å². The number of methoxy groups -OCH3 is 1. The van der Waals surface area contributed by atoms with E-state index in [-0.39, 0.29) is 11.2 Å². The maximum absolute atomic E-state index is 13.3. The van der Waals surface area contributed by atoms with E-state index in [0.29, 0.717) is 39.4 Å². The molecule has 4 rings (SSSR count). The minimum Gasteiger partial charge on any atom is -0.496 e. The lowest BCUT2D eigenvalue weighted by Gasteiger charge is -2.20. The molecule has 0 radical (unpaired) electrons. The first-order valence-corrected chi connectivity index (χ1v) is 10.7. The van der Waals surface area contributed by atoms with Crippen LogP contribution < -0.4 is 21.3 Å². The van der Waals surface area contributed by atoms with E-state index in [1.807, 2.05) is 6.07 Å². The summed E-state index contributed by atoms with van der Waals surface area (Å²) in [6, 6.07) is 9.70. The molecule has 7 nitrogen and oxygen atoms in total. The molecule has 0 fully saturated rings. The second kappa shape index (κ2) is 8.94. The van der Waals surface area contributed by atoms with Crippen LogP contribution >= 0.6 is 0 Å². The van der Waals surface area contributed by atoms with Crippen molar-refractivity contribution in [3.8, 4) is 16.9 Å². The first kappa shape index (κ1) is 24.1. The number of ether oxygens (including phenoxy) is 1. The topological polar surface area (TPSA) is 95.1 Å². The highest BCUT2D eigenvalue weighted by Gasteiger charge is 2.31. The van der Waals surface area contributed by atoms with E-state index in [9.17, 15) is 18.0 Å². The third-order valence-corrected chi connectivity index (χ3v) is 5.68. The summed E-state index contributed by atoms with van der Waals surface area (Å²) in [7, 11) is 3.20. The molecule has 182 valence electrons. The van der Waals surface area contributed by atoms with Gasteiger partial charge in [-0.3, -0.25) is 4.79 Å². The molecule has 2 heterocycles. The molecule has 0 unspecified atom stereocenters. The second-order valence-electron chi connectivity index (χ2n) is 8.31. The Labute approximate surface area is 199 Å². The van der Waals surface area contributed by atoms with Crippen LogP contribution in [0.4, 0.5) is 24.7 Å². The molecular weight excluding hydrogens is 459 g/mol. The van der Waals surface area contributed by atoms with Crippen LogP contribution in [0.3, 0.4) is 0 Å². The molecule has 35 heavy (non-hydrogen) atoms. The van der Waals surface area contributed by atoms with Gasteiger partial charge in [-0.15, -0.1) is 0 Å². The van der Waals surface area contributed by atoms with E-state index in [2.05, 4.69) is 15.3 Å². The lowest BCUT2D eigenvalue weighted by atomic mass is 10.0. The number of nitrogen functional groups attached to an aromatic ring is 1. The molecule has 0 amide bonds. The maximum atomic E-state index is 13.3. The summed E-state index contributed by atoms with van der Waals surface area (Å²) in [5.74, 6) is 1.48. The summed E-state index contributed by atoms with van der Waals surface area (Å²) in [6.07, 6.45) is -2.81. The Kier molecular flexibility index (Phi) is 6.14. The van der Waals surface area contributed by atoms with Gasteiger partial charge in [0.2, 0.25) is 5.56 Å². The van der Waals surface area contributed by atoms with Crippen LogP contribution in [0.5, 0.6) is 5.75 Å². The van der Waals surface area contributed by atoms with Gasteiger partial charge in [0.15, 0.2) is 0 Å².